The van der Waals surface area contributed by atoms with Gasteiger partial charge in [-0.1, -0.05) is 6.92 Å². The summed E-state index contributed by atoms with van der Waals surface area (Å²) >= 11 is 2.97. The molecule has 5 nitrogen and oxygen atoms in total. The molecule has 7 heteroatoms. The Kier molecular flexibility index (Phi) is 5.01. The zero-order valence-corrected chi connectivity index (χ0v) is 15.7. The minimum absolute atomic E-state index is 0.00664. The summed E-state index contributed by atoms with van der Waals surface area (Å²) < 4.78 is 0. The summed E-state index contributed by atoms with van der Waals surface area (Å²) in [7, 11) is 1.81. The molecule has 0 saturated heterocycles. The Labute approximate surface area is 149 Å². The van der Waals surface area contributed by atoms with Gasteiger partial charge in [-0.25, -0.2) is 4.98 Å². The highest BCUT2D eigenvalue weighted by Gasteiger charge is 2.30. The van der Waals surface area contributed by atoms with Crippen LogP contribution in [0.3, 0.4) is 0 Å². The van der Waals surface area contributed by atoms with Gasteiger partial charge in [-0.3, -0.25) is 9.59 Å². The SMILES string of the molecule is Cc1cc(NC(=O)C2CC2)sc1C(=O)N(C)CC(C)c1nccs1. The Morgan fingerprint density at radius 1 is 1.46 bits per heavy atom. The van der Waals surface area contributed by atoms with Gasteiger partial charge in [0.15, 0.2) is 0 Å². The molecule has 0 spiro atoms. The van der Waals surface area contributed by atoms with Gasteiger partial charge in [0.25, 0.3) is 5.91 Å². The van der Waals surface area contributed by atoms with E-state index in [1.807, 2.05) is 25.4 Å². The summed E-state index contributed by atoms with van der Waals surface area (Å²) in [5.74, 6) is 0.426. The molecule has 1 atom stereocenters. The monoisotopic (exact) mass is 363 g/mol. The van der Waals surface area contributed by atoms with Gasteiger partial charge in [0.1, 0.15) is 0 Å². The largest absolute Gasteiger partial charge is 0.340 e. The van der Waals surface area contributed by atoms with Crippen LogP contribution in [0.2, 0.25) is 0 Å². The summed E-state index contributed by atoms with van der Waals surface area (Å²) in [6, 6.07) is 1.89. The summed E-state index contributed by atoms with van der Waals surface area (Å²) in [4.78, 5) is 31.3. The third-order valence-corrected chi connectivity index (χ3v) is 6.22. The topological polar surface area (TPSA) is 62.3 Å². The Hall–Kier alpha value is -1.73. The van der Waals surface area contributed by atoms with Crippen LogP contribution in [-0.2, 0) is 4.79 Å². The van der Waals surface area contributed by atoms with E-state index >= 15 is 0 Å². The number of rotatable bonds is 6. The molecule has 24 heavy (non-hydrogen) atoms. The van der Waals surface area contributed by atoms with E-state index in [9.17, 15) is 9.59 Å². The quantitative estimate of drug-likeness (QED) is 0.850. The molecule has 2 heterocycles. The van der Waals surface area contributed by atoms with Crippen molar-refractivity contribution in [3.8, 4) is 0 Å². The van der Waals surface area contributed by atoms with Crippen LogP contribution in [0, 0.1) is 12.8 Å². The molecule has 128 valence electrons. The van der Waals surface area contributed by atoms with E-state index in [-0.39, 0.29) is 23.7 Å². The maximum atomic E-state index is 12.7. The Morgan fingerprint density at radius 2 is 2.21 bits per heavy atom. The molecule has 1 saturated carbocycles. The predicted octanol–water partition coefficient (Wildman–Crippen LogP) is 3.74. The molecule has 2 aromatic heterocycles. The van der Waals surface area contributed by atoms with Crippen molar-refractivity contribution in [2.75, 3.05) is 18.9 Å². The second-order valence-corrected chi connectivity index (χ2v) is 8.32. The number of anilines is 1. The number of amides is 2. The predicted molar refractivity (Wildman–Crippen MR) is 97.9 cm³/mol. The van der Waals surface area contributed by atoms with Gasteiger partial charge in [-0.05, 0) is 31.4 Å². The number of carbonyl (C=O) groups is 2. The first-order valence-electron chi connectivity index (χ1n) is 8.02. The summed E-state index contributed by atoms with van der Waals surface area (Å²) in [5, 5.41) is 6.67. The van der Waals surface area contributed by atoms with Gasteiger partial charge in [0, 0.05) is 37.0 Å². The maximum absolute atomic E-state index is 12.7. The zero-order valence-electron chi connectivity index (χ0n) is 14.0. The molecule has 0 bridgehead atoms. The van der Waals surface area contributed by atoms with Crippen LogP contribution in [-0.4, -0.2) is 35.3 Å². The van der Waals surface area contributed by atoms with E-state index in [1.54, 1.807) is 22.4 Å². The standard InChI is InChI=1S/C17H21N3O2S2/c1-10-8-13(19-15(21)12-4-5-12)24-14(10)17(22)20(3)9-11(2)16-18-6-7-23-16/h6-8,11-12H,4-5,9H2,1-3H3,(H,19,21). The number of nitrogens with one attached hydrogen (secondary N) is 1. The van der Waals surface area contributed by atoms with Crippen molar-refractivity contribution < 1.29 is 9.59 Å². The van der Waals surface area contributed by atoms with E-state index in [1.165, 1.54) is 11.3 Å². The Balaban J connectivity index is 1.65. The number of hydrogen-bond acceptors (Lipinski definition) is 5. The number of thiazole rings is 1. The normalized spacial score (nSPS) is 15.1. The minimum atomic E-state index is -0.00664. The highest BCUT2D eigenvalue weighted by Crippen LogP contribution is 2.33. The number of hydrogen-bond donors (Lipinski definition) is 1. The summed E-state index contributed by atoms with van der Waals surface area (Å²) in [6.45, 7) is 4.60. The van der Waals surface area contributed by atoms with Crippen molar-refractivity contribution >= 4 is 39.5 Å². The number of aromatic nitrogens is 1. The number of likely N-dealkylation sites (N-methyl/N-ethyl adjacent to an activating group) is 1. The van der Waals surface area contributed by atoms with Gasteiger partial charge in [-0.15, -0.1) is 22.7 Å². The van der Waals surface area contributed by atoms with Crippen molar-refractivity contribution in [2.45, 2.75) is 32.6 Å². The van der Waals surface area contributed by atoms with Crippen molar-refractivity contribution in [1.29, 1.82) is 0 Å². The average molecular weight is 364 g/mol. The van der Waals surface area contributed by atoms with Gasteiger partial charge in [-0.2, -0.15) is 0 Å². The number of thiophene rings is 1. The molecule has 1 aliphatic carbocycles. The lowest BCUT2D eigenvalue weighted by Crippen LogP contribution is -2.30. The fourth-order valence-electron chi connectivity index (χ4n) is 2.55. The lowest BCUT2D eigenvalue weighted by atomic mass is 10.1. The second-order valence-electron chi connectivity index (χ2n) is 6.34. The summed E-state index contributed by atoms with van der Waals surface area (Å²) in [6.07, 6.45) is 3.73. The number of nitrogens with zero attached hydrogens (tertiary/aromatic N) is 2. The first kappa shape index (κ1) is 17.1. The van der Waals surface area contributed by atoms with Crippen LogP contribution >= 0.6 is 22.7 Å². The molecule has 1 N–H and O–H groups in total. The fraction of sp³-hybridized carbons (Fsp3) is 0.471. The summed E-state index contributed by atoms with van der Waals surface area (Å²) in [5.41, 5.74) is 0.907. The Bertz CT molecular complexity index is 735. The van der Waals surface area contributed by atoms with Crippen LogP contribution < -0.4 is 5.32 Å². The van der Waals surface area contributed by atoms with Gasteiger partial charge in [0.05, 0.1) is 14.9 Å². The molecule has 0 aromatic carbocycles. The molecule has 1 unspecified atom stereocenters. The van der Waals surface area contributed by atoms with Crippen molar-refractivity contribution in [3.05, 3.63) is 33.1 Å². The van der Waals surface area contributed by atoms with E-state index in [2.05, 4.69) is 17.2 Å². The van der Waals surface area contributed by atoms with Crippen LogP contribution in [0.4, 0.5) is 5.00 Å². The zero-order chi connectivity index (χ0) is 17.3. The Morgan fingerprint density at radius 3 is 2.83 bits per heavy atom. The smallest absolute Gasteiger partial charge is 0.264 e. The number of aryl methyl sites for hydroxylation is 1. The lowest BCUT2D eigenvalue weighted by Gasteiger charge is -2.20. The third-order valence-electron chi connectivity index (χ3n) is 4.07. The molecular weight excluding hydrogens is 342 g/mol. The molecule has 3 rings (SSSR count). The van der Waals surface area contributed by atoms with Crippen molar-refractivity contribution in [3.63, 3.8) is 0 Å². The molecule has 2 amide bonds. The van der Waals surface area contributed by atoms with E-state index in [0.29, 0.717) is 11.4 Å². The first-order chi connectivity index (χ1) is 11.5. The average Bonchev–Trinajstić information content (AvgIpc) is 3.12. The molecular formula is C17H21N3O2S2. The molecule has 2 aromatic rings. The number of carbonyl (C=O) groups excluding carboxylic acids is 2. The lowest BCUT2D eigenvalue weighted by molar-refractivity contribution is -0.117. The second kappa shape index (κ2) is 7.03. The maximum Gasteiger partial charge on any atom is 0.264 e. The van der Waals surface area contributed by atoms with Gasteiger partial charge in [0.2, 0.25) is 5.91 Å². The van der Waals surface area contributed by atoms with Crippen LogP contribution in [0.5, 0.6) is 0 Å². The minimum Gasteiger partial charge on any atom is -0.340 e. The van der Waals surface area contributed by atoms with Crippen LogP contribution in [0.15, 0.2) is 17.6 Å². The van der Waals surface area contributed by atoms with Crippen LogP contribution in [0.25, 0.3) is 0 Å². The van der Waals surface area contributed by atoms with Gasteiger partial charge >= 0.3 is 0 Å². The third kappa shape index (κ3) is 3.84. The van der Waals surface area contributed by atoms with E-state index < -0.39 is 0 Å². The van der Waals surface area contributed by atoms with E-state index in [0.717, 1.165) is 28.4 Å². The molecule has 0 aliphatic heterocycles. The fourth-order valence-corrected chi connectivity index (χ4v) is 4.31. The van der Waals surface area contributed by atoms with Crippen LogP contribution in [0.1, 0.15) is 45.9 Å². The van der Waals surface area contributed by atoms with Gasteiger partial charge < -0.3 is 10.2 Å². The van der Waals surface area contributed by atoms with E-state index in [4.69, 9.17) is 0 Å². The first-order valence-corrected chi connectivity index (χ1v) is 9.71. The molecule has 0 radical (unpaired) electrons. The highest BCUT2D eigenvalue weighted by atomic mass is 32.1. The van der Waals surface area contributed by atoms with Crippen molar-refractivity contribution in [1.82, 2.24) is 9.88 Å². The highest BCUT2D eigenvalue weighted by molar-refractivity contribution is 7.18. The molecule has 1 fully saturated rings. The molecule has 1 aliphatic rings. The van der Waals surface area contributed by atoms with Crippen molar-refractivity contribution in [2.24, 2.45) is 5.92 Å².